The molecule has 9 N–H and O–H groups in total. The summed E-state index contributed by atoms with van der Waals surface area (Å²) in [7, 11) is 6.57. The van der Waals surface area contributed by atoms with Crippen LogP contribution in [-0.4, -0.2) is 133 Å². The van der Waals surface area contributed by atoms with Crippen molar-refractivity contribution < 1.29 is 86.1 Å². The van der Waals surface area contributed by atoms with Gasteiger partial charge < -0.3 is 75.6 Å². The van der Waals surface area contributed by atoms with Crippen LogP contribution in [0.1, 0.15) is 203 Å². The van der Waals surface area contributed by atoms with E-state index in [-0.39, 0.29) is 91.4 Å². The van der Waals surface area contributed by atoms with Gasteiger partial charge in [0.2, 0.25) is 11.8 Å². The zero-order chi connectivity index (χ0) is 81.4. The number of hydrogen-bond donors (Lipinski definition) is 6. The minimum absolute atomic E-state index is 0.0366. The number of amides is 4. The van der Waals surface area contributed by atoms with E-state index in [9.17, 15) is 33.9 Å². The van der Waals surface area contributed by atoms with E-state index in [1.165, 1.54) is 32.1 Å². The predicted octanol–water partition coefficient (Wildman–Crippen LogP) is 14.5. The number of cyclic esters (lactones) is 1. The molecule has 0 spiro atoms. The number of benzene rings is 4. The van der Waals surface area contributed by atoms with Crippen LogP contribution in [0.5, 0.6) is 23.0 Å². The summed E-state index contributed by atoms with van der Waals surface area (Å²) in [5, 5.41) is 17.7. The minimum atomic E-state index is -1.03. The first-order valence-corrected chi connectivity index (χ1v) is 38.4. The number of nitrogens with two attached hydrogens (primary N) is 3. The molecule has 0 unspecified atom stereocenters. The van der Waals surface area contributed by atoms with Crippen LogP contribution in [-0.2, 0) is 78.5 Å². The number of rotatable bonds is 45. The molecule has 1 saturated heterocycles. The number of ether oxygens (including phenoxy) is 9. The normalized spacial score (nSPS) is 14.9. The molecule has 1 aliphatic rings. The number of ketones is 1. The Morgan fingerprint density at radius 2 is 1.02 bits per heavy atom. The van der Waals surface area contributed by atoms with Gasteiger partial charge in [-0.05, 0) is 141 Å². The fourth-order valence-corrected chi connectivity index (χ4v) is 11.7. The quantitative estimate of drug-likeness (QED) is 0.0136. The van der Waals surface area contributed by atoms with Gasteiger partial charge in [-0.2, -0.15) is 9.59 Å². The summed E-state index contributed by atoms with van der Waals surface area (Å²) < 4.78 is 50.3. The maximum absolute atomic E-state index is 13.5. The maximum atomic E-state index is 13.5. The van der Waals surface area contributed by atoms with Crippen molar-refractivity contribution in [3.63, 3.8) is 0 Å². The molecular formula is C85H135N5O18. The summed E-state index contributed by atoms with van der Waals surface area (Å²) in [6.07, 6.45) is 9.94. The van der Waals surface area contributed by atoms with E-state index in [1.54, 1.807) is 56.1 Å². The van der Waals surface area contributed by atoms with Crippen LogP contribution in [0.25, 0.3) is 0 Å². The number of carbonyl (C=O) groups is 6. The predicted molar refractivity (Wildman–Crippen MR) is 421 cm³/mol. The third-order valence-electron chi connectivity index (χ3n) is 19.5. The smallest absolute Gasteiger partial charge is 0.407 e. The van der Waals surface area contributed by atoms with Crippen LogP contribution in [0.4, 0.5) is 9.59 Å². The molecule has 0 aliphatic carbocycles. The molecule has 23 heteroatoms. The maximum Gasteiger partial charge on any atom is 0.407 e. The van der Waals surface area contributed by atoms with Crippen molar-refractivity contribution >= 4 is 41.9 Å². The Morgan fingerprint density at radius 1 is 0.574 bits per heavy atom. The molecule has 608 valence electrons. The molecule has 1 aliphatic heterocycles. The number of alkyl carbamates (subject to hydrolysis) is 2. The molecule has 8 atom stereocenters. The highest BCUT2D eigenvalue weighted by Gasteiger charge is 2.42. The number of esters is 1. The number of carbonyl (C=O) groups excluding carboxylic acids is 8. The van der Waals surface area contributed by atoms with Gasteiger partial charge in [-0.15, -0.1) is 0 Å². The van der Waals surface area contributed by atoms with Gasteiger partial charge in [0.05, 0.1) is 57.0 Å². The fraction of sp³-hybridized carbons (Fsp3) is 0.635. The molecule has 4 aromatic carbocycles. The average molecular weight is 1520 g/mol. The second kappa shape index (κ2) is 54.5. The van der Waals surface area contributed by atoms with E-state index in [1.807, 2.05) is 119 Å². The topological polar surface area (TPSA) is 342 Å². The van der Waals surface area contributed by atoms with E-state index in [2.05, 4.69) is 58.2 Å². The van der Waals surface area contributed by atoms with E-state index < -0.39 is 53.1 Å². The number of hydrogen-bond acceptors (Lipinski definition) is 19. The standard InChI is InChI=1S/C39H60N2O8.C33H47NO7.C7H16.C5H12N2O.CO2/c1-26(2)30(21-29-15-16-35(47-8)36(22-29)48-20-12-19-46-7)23-32(41-38(45)49-25-28-13-10-9-11-14-28)34(43)24-31(27(3)4)33(42)17-18-39(5,6)37(40)44;1-22(2)26(17-25-13-14-29(38-6)31(18-25)39-16-10-15-37-5)19-28(30-20-27(23(3)4)32(35)41-30)34-33(36)40-21-24-11-8-7-9-12-24;1-3-5-7-6-4-2;1-5(2,3-6)4(7)8;2-1-3/h9-11,13-16,22,26-27,30-32,34,43H,12,17-21,23-25H2,1-8H3,(H2,40,44)(H,41,45);7-9,11-14,18,22-23,26-28,30H,10,15-17,19-21H2,1-6H3,(H,34,36);3-7H2,1-2H3;3,6H2,1-2H3,(H2,7,8);/t30-,31-,32-,34-;26-,27-,28-,30-;;;/m00.../s1. The number of methoxy groups -OCH3 is 4. The number of nitrogens with one attached hydrogen (secondary N) is 2. The Morgan fingerprint density at radius 3 is 1.39 bits per heavy atom. The van der Waals surface area contributed by atoms with Crippen LogP contribution >= 0.6 is 0 Å². The Hall–Kier alpha value is -8.08. The van der Waals surface area contributed by atoms with Gasteiger partial charge in [-0.1, -0.05) is 188 Å². The summed E-state index contributed by atoms with van der Waals surface area (Å²) in [5.41, 5.74) is 18.3. The Labute approximate surface area is 645 Å². The van der Waals surface area contributed by atoms with Crippen molar-refractivity contribution in [2.45, 2.75) is 231 Å². The summed E-state index contributed by atoms with van der Waals surface area (Å²) in [6, 6.07) is 29.8. The number of unbranched alkanes of at least 4 members (excludes halogenated alkanes) is 4. The van der Waals surface area contributed by atoms with Gasteiger partial charge in [-0.3, -0.25) is 19.2 Å². The monoisotopic (exact) mass is 1510 g/mol. The van der Waals surface area contributed by atoms with Gasteiger partial charge in [0, 0.05) is 64.6 Å². The first kappa shape index (κ1) is 97.9. The lowest BCUT2D eigenvalue weighted by Gasteiger charge is -2.32. The van der Waals surface area contributed by atoms with Gasteiger partial charge in [0.25, 0.3) is 0 Å². The van der Waals surface area contributed by atoms with Crippen molar-refractivity contribution in [2.24, 2.45) is 75.4 Å². The third kappa shape index (κ3) is 39.3. The number of aliphatic hydroxyl groups is 1. The molecule has 0 bridgehead atoms. The Bertz CT molecular complexity index is 3190. The first-order chi connectivity index (χ1) is 51.2. The Balaban J connectivity index is 0.000000884. The lowest BCUT2D eigenvalue weighted by molar-refractivity contribution is -0.191. The van der Waals surface area contributed by atoms with Gasteiger partial charge in [0.1, 0.15) is 25.1 Å². The number of primary amides is 2. The first-order valence-electron chi connectivity index (χ1n) is 38.4. The zero-order valence-electron chi connectivity index (χ0n) is 68.3. The lowest BCUT2D eigenvalue weighted by Crippen LogP contribution is -2.47. The number of aliphatic hydroxyl groups excluding tert-OH is 1. The van der Waals surface area contributed by atoms with Gasteiger partial charge in [0.15, 0.2) is 23.0 Å². The summed E-state index contributed by atoms with van der Waals surface area (Å²) in [6.45, 7) is 30.7. The molecule has 0 saturated carbocycles. The molecule has 0 radical (unpaired) electrons. The SMILES string of the molecule is CC(C)(CN)C(N)=O.CCCCCCC.COCCCOc1cc(C[C@@H](C[C@H](NC(=O)OCc2ccccc2)[C@@H](O)C[C@H](C(=O)CCC(C)(C)C(N)=O)C(C)C)C(C)C)ccc1OC.COCCCOc1cc(C[C@@H](C[C@H](NC(=O)OCc2ccccc2)[C@@H]2C[C@@H](C(C)C)C(=O)O2)C(C)C)ccc1OC.O=C=O. The summed E-state index contributed by atoms with van der Waals surface area (Å²) in [4.78, 5) is 90.7. The summed E-state index contributed by atoms with van der Waals surface area (Å²) in [5.74, 6) is 1.85. The molecule has 1 heterocycles. The van der Waals surface area contributed by atoms with Crippen molar-refractivity contribution in [3.05, 3.63) is 119 Å². The molecule has 0 aromatic heterocycles. The third-order valence-corrected chi connectivity index (χ3v) is 19.5. The molecule has 1 fully saturated rings. The van der Waals surface area contributed by atoms with Crippen molar-refractivity contribution in [2.75, 3.05) is 61.4 Å². The molecule has 23 nitrogen and oxygen atoms in total. The zero-order valence-corrected chi connectivity index (χ0v) is 68.3. The minimum Gasteiger partial charge on any atom is -0.493 e. The second-order valence-corrected chi connectivity index (χ2v) is 30.4. The van der Waals surface area contributed by atoms with Crippen LogP contribution in [0.15, 0.2) is 97.1 Å². The lowest BCUT2D eigenvalue weighted by atomic mass is 9.78. The van der Waals surface area contributed by atoms with E-state index >= 15 is 0 Å². The van der Waals surface area contributed by atoms with Crippen LogP contribution in [0.3, 0.4) is 0 Å². The van der Waals surface area contributed by atoms with Gasteiger partial charge >= 0.3 is 24.3 Å². The molecule has 4 amide bonds. The molecule has 108 heavy (non-hydrogen) atoms. The highest BCUT2D eigenvalue weighted by molar-refractivity contribution is 5.84. The largest absolute Gasteiger partial charge is 0.493 e. The van der Waals surface area contributed by atoms with Gasteiger partial charge in [-0.25, -0.2) is 9.59 Å². The Kier molecular flexibility index (Phi) is 49.4. The molecule has 5 rings (SSSR count). The number of Topliss-reactive ketones (excluding diaryl/α,β-unsaturated/α-hetero) is 1. The van der Waals surface area contributed by atoms with E-state index in [0.29, 0.717) is 94.0 Å². The summed E-state index contributed by atoms with van der Waals surface area (Å²) >= 11 is 0. The van der Waals surface area contributed by atoms with Crippen LogP contribution in [0.2, 0.25) is 0 Å². The van der Waals surface area contributed by atoms with Crippen LogP contribution < -0.4 is 46.8 Å². The molecule has 4 aromatic rings. The van der Waals surface area contributed by atoms with E-state index in [0.717, 1.165) is 41.5 Å². The highest BCUT2D eigenvalue weighted by Crippen LogP contribution is 2.37. The van der Waals surface area contributed by atoms with Crippen molar-refractivity contribution in [3.8, 4) is 23.0 Å². The molecular weight excluding hydrogens is 1380 g/mol. The van der Waals surface area contributed by atoms with Crippen molar-refractivity contribution in [1.29, 1.82) is 0 Å². The average Bonchev–Trinajstić information content (AvgIpc) is 1.61. The van der Waals surface area contributed by atoms with E-state index in [4.69, 9.17) is 69.4 Å². The van der Waals surface area contributed by atoms with Crippen LogP contribution in [0, 0.1) is 58.2 Å². The highest BCUT2D eigenvalue weighted by atomic mass is 16.6. The second-order valence-electron chi connectivity index (χ2n) is 30.4. The fourth-order valence-electron chi connectivity index (χ4n) is 11.7. The van der Waals surface area contributed by atoms with Crippen molar-refractivity contribution in [1.82, 2.24) is 10.6 Å².